The van der Waals surface area contributed by atoms with Crippen LogP contribution in [0.3, 0.4) is 0 Å². The van der Waals surface area contributed by atoms with E-state index in [1.165, 1.54) is 0 Å². The second kappa shape index (κ2) is 4.93. The Morgan fingerprint density at radius 1 is 1.09 bits per heavy atom. The number of hydrogen-bond donors (Lipinski definition) is 0. The van der Waals surface area contributed by atoms with Gasteiger partial charge in [0.2, 0.25) is 0 Å². The standard InChI is InChI=1S/C17H10ClNO2S/c18-11-5-6-15-13(7-11)10(9-22-15)8-19-14-4-2-1-3-12(14)16(20)17(19)21/h1-7,9H,8H2. The first-order valence-corrected chi connectivity index (χ1v) is 8.02. The van der Waals surface area contributed by atoms with E-state index in [-0.39, 0.29) is 0 Å². The number of halogens is 1. The molecule has 108 valence electrons. The maximum atomic E-state index is 12.2. The van der Waals surface area contributed by atoms with Crippen LogP contribution in [0.4, 0.5) is 5.69 Å². The lowest BCUT2D eigenvalue weighted by Gasteiger charge is -2.16. The summed E-state index contributed by atoms with van der Waals surface area (Å²) in [5.41, 5.74) is 2.16. The van der Waals surface area contributed by atoms with Crippen LogP contribution in [0.1, 0.15) is 15.9 Å². The maximum Gasteiger partial charge on any atom is 0.299 e. The molecule has 2 heterocycles. The normalized spacial score (nSPS) is 14.0. The number of amides is 1. The smallest absolute Gasteiger partial charge is 0.299 e. The third-order valence-electron chi connectivity index (χ3n) is 3.82. The molecule has 1 aliphatic heterocycles. The van der Waals surface area contributed by atoms with Gasteiger partial charge >= 0.3 is 0 Å². The lowest BCUT2D eigenvalue weighted by Crippen LogP contribution is -2.29. The average molecular weight is 328 g/mol. The highest BCUT2D eigenvalue weighted by atomic mass is 35.5. The number of benzene rings is 2. The zero-order valence-corrected chi connectivity index (χ0v) is 12.9. The zero-order chi connectivity index (χ0) is 15.3. The van der Waals surface area contributed by atoms with Gasteiger partial charge in [-0.05, 0) is 46.7 Å². The minimum Gasteiger partial charge on any atom is -0.300 e. The predicted octanol–water partition coefficient (Wildman–Crippen LogP) is 4.28. The van der Waals surface area contributed by atoms with Gasteiger partial charge in [-0.15, -0.1) is 11.3 Å². The summed E-state index contributed by atoms with van der Waals surface area (Å²) in [4.78, 5) is 25.8. The number of ketones is 1. The number of anilines is 1. The molecule has 0 saturated carbocycles. The fourth-order valence-corrected chi connectivity index (χ4v) is 3.86. The van der Waals surface area contributed by atoms with Crippen LogP contribution in [0.5, 0.6) is 0 Å². The maximum absolute atomic E-state index is 12.2. The monoisotopic (exact) mass is 327 g/mol. The highest BCUT2D eigenvalue weighted by Gasteiger charge is 2.35. The summed E-state index contributed by atoms with van der Waals surface area (Å²) in [6.07, 6.45) is 0. The van der Waals surface area contributed by atoms with Crippen molar-refractivity contribution in [2.75, 3.05) is 4.90 Å². The second-order valence-electron chi connectivity index (χ2n) is 5.14. The minimum atomic E-state index is -0.470. The number of nitrogens with zero attached hydrogens (tertiary/aromatic N) is 1. The summed E-state index contributed by atoms with van der Waals surface area (Å²) in [6, 6.07) is 12.8. The van der Waals surface area contributed by atoms with Crippen LogP contribution in [0.25, 0.3) is 10.1 Å². The molecule has 1 amide bonds. The summed E-state index contributed by atoms with van der Waals surface area (Å²) < 4.78 is 1.12. The third-order valence-corrected chi connectivity index (χ3v) is 5.07. The van der Waals surface area contributed by atoms with Crippen LogP contribution in [-0.4, -0.2) is 11.7 Å². The number of rotatable bonds is 2. The van der Waals surface area contributed by atoms with E-state index in [1.54, 1.807) is 34.4 Å². The minimum absolute atomic E-state index is 0.377. The molecule has 0 N–H and O–H groups in total. The van der Waals surface area contributed by atoms with Gasteiger partial charge in [0.05, 0.1) is 17.8 Å². The summed E-state index contributed by atoms with van der Waals surface area (Å²) >= 11 is 7.67. The molecule has 0 radical (unpaired) electrons. The van der Waals surface area contributed by atoms with Gasteiger partial charge in [-0.3, -0.25) is 9.59 Å². The Kier molecular flexibility index (Phi) is 3.03. The number of Topliss-reactive ketones (excluding diaryl/α,β-unsaturated/α-hetero) is 1. The van der Waals surface area contributed by atoms with E-state index in [9.17, 15) is 9.59 Å². The van der Waals surface area contributed by atoms with E-state index in [4.69, 9.17) is 11.6 Å². The number of thiophene rings is 1. The topological polar surface area (TPSA) is 37.4 Å². The van der Waals surface area contributed by atoms with Gasteiger partial charge < -0.3 is 4.90 Å². The predicted molar refractivity (Wildman–Crippen MR) is 88.8 cm³/mol. The third kappa shape index (κ3) is 1.95. The van der Waals surface area contributed by atoms with Crippen molar-refractivity contribution in [1.82, 2.24) is 0 Å². The summed E-state index contributed by atoms with van der Waals surface area (Å²) in [7, 11) is 0. The highest BCUT2D eigenvalue weighted by Crippen LogP contribution is 2.34. The molecule has 1 aliphatic rings. The Hall–Kier alpha value is -2.17. The Labute approximate surface area is 135 Å². The van der Waals surface area contributed by atoms with Gasteiger partial charge in [0.25, 0.3) is 11.7 Å². The summed E-state index contributed by atoms with van der Waals surface area (Å²) in [6.45, 7) is 0.377. The van der Waals surface area contributed by atoms with Crippen LogP contribution >= 0.6 is 22.9 Å². The van der Waals surface area contributed by atoms with Gasteiger partial charge in [-0.2, -0.15) is 0 Å². The number of fused-ring (bicyclic) bond motifs is 2. The van der Waals surface area contributed by atoms with Gasteiger partial charge in [-0.25, -0.2) is 0 Å². The molecule has 1 aromatic heterocycles. The van der Waals surface area contributed by atoms with Crippen molar-refractivity contribution in [2.24, 2.45) is 0 Å². The van der Waals surface area contributed by atoms with Crippen LogP contribution in [0.15, 0.2) is 47.8 Å². The van der Waals surface area contributed by atoms with Crippen molar-refractivity contribution in [3.63, 3.8) is 0 Å². The average Bonchev–Trinajstić information content (AvgIpc) is 3.03. The molecule has 0 unspecified atom stereocenters. The molecule has 22 heavy (non-hydrogen) atoms. The highest BCUT2D eigenvalue weighted by molar-refractivity contribution is 7.17. The van der Waals surface area contributed by atoms with Crippen LogP contribution in [-0.2, 0) is 11.3 Å². The molecular weight excluding hydrogens is 318 g/mol. The number of hydrogen-bond acceptors (Lipinski definition) is 3. The summed E-state index contributed by atoms with van der Waals surface area (Å²) in [5, 5.41) is 3.71. The molecule has 5 heteroatoms. The van der Waals surface area contributed by atoms with E-state index in [1.807, 2.05) is 29.6 Å². The van der Waals surface area contributed by atoms with E-state index in [0.717, 1.165) is 15.6 Å². The van der Waals surface area contributed by atoms with Crippen LogP contribution < -0.4 is 4.90 Å². The molecule has 0 aliphatic carbocycles. The fraction of sp³-hybridized carbons (Fsp3) is 0.0588. The molecule has 0 fully saturated rings. The van der Waals surface area contributed by atoms with Crippen molar-refractivity contribution in [3.8, 4) is 0 Å². The molecule has 3 aromatic rings. The Morgan fingerprint density at radius 3 is 2.77 bits per heavy atom. The first-order chi connectivity index (χ1) is 10.6. The number of para-hydroxylation sites is 1. The van der Waals surface area contributed by atoms with Crippen molar-refractivity contribution in [1.29, 1.82) is 0 Å². The van der Waals surface area contributed by atoms with Gasteiger partial charge in [0.1, 0.15) is 0 Å². The van der Waals surface area contributed by atoms with Crippen molar-refractivity contribution in [3.05, 3.63) is 64.0 Å². The molecule has 4 rings (SSSR count). The molecule has 0 atom stereocenters. The molecule has 3 nitrogen and oxygen atoms in total. The SMILES string of the molecule is O=C1C(=O)N(Cc2csc3ccc(Cl)cc23)c2ccccc21. The van der Waals surface area contributed by atoms with Crippen LogP contribution in [0.2, 0.25) is 5.02 Å². The van der Waals surface area contributed by atoms with E-state index >= 15 is 0 Å². The molecular formula is C17H10ClNO2S. The second-order valence-corrected chi connectivity index (χ2v) is 6.49. The Balaban J connectivity index is 1.78. The van der Waals surface area contributed by atoms with Crippen molar-refractivity contribution < 1.29 is 9.59 Å². The van der Waals surface area contributed by atoms with Gasteiger partial charge in [0.15, 0.2) is 0 Å². The van der Waals surface area contributed by atoms with Gasteiger partial charge in [-0.1, -0.05) is 23.7 Å². The van der Waals surface area contributed by atoms with Crippen molar-refractivity contribution >= 4 is 50.4 Å². The zero-order valence-electron chi connectivity index (χ0n) is 11.4. The first-order valence-electron chi connectivity index (χ1n) is 6.76. The van der Waals surface area contributed by atoms with Gasteiger partial charge in [0, 0.05) is 9.72 Å². The summed E-state index contributed by atoms with van der Waals surface area (Å²) in [5.74, 6) is -0.907. The molecule has 0 bridgehead atoms. The molecule has 0 spiro atoms. The molecule has 2 aromatic carbocycles. The molecule has 0 saturated heterocycles. The lowest BCUT2D eigenvalue weighted by molar-refractivity contribution is -0.114. The van der Waals surface area contributed by atoms with E-state index < -0.39 is 11.7 Å². The number of carbonyl (C=O) groups is 2. The van der Waals surface area contributed by atoms with E-state index in [2.05, 4.69) is 0 Å². The Morgan fingerprint density at radius 2 is 1.91 bits per heavy atom. The quantitative estimate of drug-likeness (QED) is 0.659. The van der Waals surface area contributed by atoms with Crippen molar-refractivity contribution in [2.45, 2.75) is 6.54 Å². The van der Waals surface area contributed by atoms with E-state index in [0.29, 0.717) is 22.8 Å². The fourth-order valence-electron chi connectivity index (χ4n) is 2.75. The largest absolute Gasteiger partial charge is 0.300 e. The Bertz CT molecular complexity index is 931. The lowest BCUT2D eigenvalue weighted by atomic mass is 10.1. The number of carbonyl (C=O) groups excluding carboxylic acids is 2. The van der Waals surface area contributed by atoms with Crippen LogP contribution in [0, 0.1) is 0 Å². The first kappa shape index (κ1) is 13.5.